The summed E-state index contributed by atoms with van der Waals surface area (Å²) in [7, 11) is 0. The summed E-state index contributed by atoms with van der Waals surface area (Å²) in [6.45, 7) is 1.92. The fraction of sp³-hybridized carbons (Fsp3) is 0.0870. The number of benzene rings is 2. The number of halogens is 1. The van der Waals surface area contributed by atoms with Crippen LogP contribution < -0.4 is 10.9 Å². The van der Waals surface area contributed by atoms with Crippen LogP contribution in [0, 0.1) is 12.7 Å². The standard InChI is InChI=1S/C23H18FN3O2/c1-15-9-10-18(13-20(15)24)26-22(28)19-12-17-8-5-11-25-21(17)27(23(19)29)14-16-6-3-2-4-7-16/h2-13H,14H2,1H3,(H,26,28). The number of amides is 1. The van der Waals surface area contributed by atoms with E-state index in [4.69, 9.17) is 0 Å². The highest BCUT2D eigenvalue weighted by Crippen LogP contribution is 2.16. The summed E-state index contributed by atoms with van der Waals surface area (Å²) in [6.07, 6.45) is 1.61. The summed E-state index contributed by atoms with van der Waals surface area (Å²) in [5.74, 6) is -1.02. The number of hydrogen-bond acceptors (Lipinski definition) is 3. The molecule has 0 saturated carbocycles. The number of carbonyl (C=O) groups excluding carboxylic acids is 1. The Hall–Kier alpha value is -3.80. The highest BCUT2D eigenvalue weighted by atomic mass is 19.1. The van der Waals surface area contributed by atoms with Gasteiger partial charge in [-0.2, -0.15) is 0 Å². The average molecular weight is 387 g/mol. The molecule has 0 aliphatic rings. The first-order valence-electron chi connectivity index (χ1n) is 9.13. The van der Waals surface area contributed by atoms with Gasteiger partial charge in [0.25, 0.3) is 11.5 Å². The number of fused-ring (bicyclic) bond motifs is 1. The zero-order chi connectivity index (χ0) is 20.4. The first-order chi connectivity index (χ1) is 14.0. The summed E-state index contributed by atoms with van der Waals surface area (Å²) >= 11 is 0. The SMILES string of the molecule is Cc1ccc(NC(=O)c2cc3cccnc3n(Cc3ccccc3)c2=O)cc1F. The molecule has 2 aromatic carbocycles. The lowest BCUT2D eigenvalue weighted by molar-refractivity contribution is 0.102. The van der Waals surface area contributed by atoms with Gasteiger partial charge in [-0.05, 0) is 48.4 Å². The van der Waals surface area contributed by atoms with Crippen molar-refractivity contribution >= 4 is 22.6 Å². The van der Waals surface area contributed by atoms with E-state index in [0.29, 0.717) is 22.3 Å². The molecule has 0 aliphatic carbocycles. The number of aryl methyl sites for hydroxylation is 1. The van der Waals surface area contributed by atoms with Crippen molar-refractivity contribution in [1.29, 1.82) is 0 Å². The topological polar surface area (TPSA) is 64.0 Å². The predicted molar refractivity (Wildman–Crippen MR) is 111 cm³/mol. The molecule has 0 aliphatic heterocycles. The molecule has 0 radical (unpaired) electrons. The fourth-order valence-electron chi connectivity index (χ4n) is 3.15. The fourth-order valence-corrected chi connectivity index (χ4v) is 3.15. The third-order valence-corrected chi connectivity index (χ3v) is 4.71. The van der Waals surface area contributed by atoms with Crippen molar-refractivity contribution in [3.05, 3.63) is 106 Å². The van der Waals surface area contributed by atoms with E-state index in [1.54, 1.807) is 37.4 Å². The zero-order valence-corrected chi connectivity index (χ0v) is 15.7. The molecule has 1 amide bonds. The predicted octanol–water partition coefficient (Wildman–Crippen LogP) is 4.14. The van der Waals surface area contributed by atoms with Crippen molar-refractivity contribution in [3.63, 3.8) is 0 Å². The van der Waals surface area contributed by atoms with E-state index in [1.165, 1.54) is 16.7 Å². The smallest absolute Gasteiger partial charge is 0.265 e. The van der Waals surface area contributed by atoms with Crippen molar-refractivity contribution in [1.82, 2.24) is 9.55 Å². The van der Waals surface area contributed by atoms with Gasteiger partial charge in [-0.1, -0.05) is 36.4 Å². The lowest BCUT2D eigenvalue weighted by atomic mass is 10.1. The minimum absolute atomic E-state index is 0.0255. The highest BCUT2D eigenvalue weighted by molar-refractivity contribution is 6.05. The van der Waals surface area contributed by atoms with Crippen LogP contribution >= 0.6 is 0 Å². The number of anilines is 1. The van der Waals surface area contributed by atoms with Gasteiger partial charge in [0.2, 0.25) is 0 Å². The highest BCUT2D eigenvalue weighted by Gasteiger charge is 2.17. The number of aromatic nitrogens is 2. The summed E-state index contributed by atoms with van der Waals surface area (Å²) in [4.78, 5) is 30.3. The second kappa shape index (κ2) is 7.67. The number of hydrogen-bond donors (Lipinski definition) is 1. The molecule has 4 rings (SSSR count). The van der Waals surface area contributed by atoms with E-state index in [-0.39, 0.29) is 12.1 Å². The van der Waals surface area contributed by atoms with Gasteiger partial charge in [-0.25, -0.2) is 9.37 Å². The molecule has 0 spiro atoms. The summed E-state index contributed by atoms with van der Waals surface area (Å²) < 4.78 is 15.3. The normalized spacial score (nSPS) is 10.8. The van der Waals surface area contributed by atoms with E-state index >= 15 is 0 Å². The van der Waals surface area contributed by atoms with Crippen molar-refractivity contribution in [3.8, 4) is 0 Å². The van der Waals surface area contributed by atoms with Crippen molar-refractivity contribution in [2.24, 2.45) is 0 Å². The monoisotopic (exact) mass is 387 g/mol. The number of nitrogens with zero attached hydrogens (tertiary/aromatic N) is 2. The maximum atomic E-state index is 13.8. The molecule has 0 fully saturated rings. The van der Waals surface area contributed by atoms with Crippen LogP contribution in [0.3, 0.4) is 0 Å². The Morgan fingerprint density at radius 3 is 2.62 bits per heavy atom. The Kier molecular flexibility index (Phi) is 4.91. The van der Waals surface area contributed by atoms with Gasteiger partial charge in [0, 0.05) is 17.3 Å². The van der Waals surface area contributed by atoms with Crippen LogP contribution in [0.1, 0.15) is 21.5 Å². The van der Waals surface area contributed by atoms with Crippen LogP contribution in [0.15, 0.2) is 77.7 Å². The molecule has 4 aromatic rings. The molecule has 1 N–H and O–H groups in total. The van der Waals surface area contributed by atoms with E-state index in [9.17, 15) is 14.0 Å². The average Bonchev–Trinajstić information content (AvgIpc) is 2.73. The molecular weight excluding hydrogens is 369 g/mol. The number of rotatable bonds is 4. The summed E-state index contributed by atoms with van der Waals surface area (Å²) in [6, 6.07) is 19.0. The third-order valence-electron chi connectivity index (χ3n) is 4.71. The molecule has 5 nitrogen and oxygen atoms in total. The maximum Gasteiger partial charge on any atom is 0.265 e. The van der Waals surface area contributed by atoms with Gasteiger partial charge in [0.15, 0.2) is 0 Å². The lowest BCUT2D eigenvalue weighted by Gasteiger charge is -2.13. The Morgan fingerprint density at radius 1 is 1.07 bits per heavy atom. The van der Waals surface area contributed by atoms with Crippen LogP contribution in [0.5, 0.6) is 0 Å². The Labute approximate surface area is 166 Å². The second-order valence-corrected chi connectivity index (χ2v) is 6.77. The van der Waals surface area contributed by atoms with Crippen LogP contribution in [-0.4, -0.2) is 15.5 Å². The summed E-state index contributed by atoms with van der Waals surface area (Å²) in [5.41, 5.74) is 1.70. The van der Waals surface area contributed by atoms with Crippen LogP contribution in [-0.2, 0) is 6.54 Å². The van der Waals surface area contributed by atoms with Gasteiger partial charge < -0.3 is 5.32 Å². The van der Waals surface area contributed by atoms with Crippen LogP contribution in [0.2, 0.25) is 0 Å². The first kappa shape index (κ1) is 18.6. The molecule has 0 unspecified atom stereocenters. The zero-order valence-electron chi connectivity index (χ0n) is 15.7. The lowest BCUT2D eigenvalue weighted by Crippen LogP contribution is -2.30. The Morgan fingerprint density at radius 2 is 1.86 bits per heavy atom. The third kappa shape index (κ3) is 3.78. The summed E-state index contributed by atoms with van der Waals surface area (Å²) in [5, 5.41) is 3.28. The van der Waals surface area contributed by atoms with E-state index in [1.807, 2.05) is 30.3 Å². The largest absolute Gasteiger partial charge is 0.322 e. The molecule has 144 valence electrons. The molecular formula is C23H18FN3O2. The van der Waals surface area contributed by atoms with Crippen LogP contribution in [0.25, 0.3) is 11.0 Å². The molecule has 0 saturated heterocycles. The van der Waals surface area contributed by atoms with Crippen molar-refractivity contribution in [2.45, 2.75) is 13.5 Å². The molecule has 0 bridgehead atoms. The molecule has 29 heavy (non-hydrogen) atoms. The van der Waals surface area contributed by atoms with Gasteiger partial charge in [-0.3, -0.25) is 14.2 Å². The number of nitrogens with one attached hydrogen (secondary N) is 1. The maximum absolute atomic E-state index is 13.8. The van der Waals surface area contributed by atoms with Crippen molar-refractivity contribution in [2.75, 3.05) is 5.32 Å². The Balaban J connectivity index is 1.78. The second-order valence-electron chi connectivity index (χ2n) is 6.77. The molecule has 2 aromatic heterocycles. The van der Waals surface area contributed by atoms with E-state index in [0.717, 1.165) is 5.56 Å². The molecule has 2 heterocycles. The molecule has 6 heteroatoms. The van der Waals surface area contributed by atoms with E-state index < -0.39 is 17.3 Å². The Bertz CT molecular complexity index is 1270. The van der Waals surface area contributed by atoms with Gasteiger partial charge in [-0.15, -0.1) is 0 Å². The van der Waals surface area contributed by atoms with Gasteiger partial charge in [0.1, 0.15) is 17.0 Å². The number of pyridine rings is 2. The minimum Gasteiger partial charge on any atom is -0.322 e. The van der Waals surface area contributed by atoms with Crippen LogP contribution in [0.4, 0.5) is 10.1 Å². The van der Waals surface area contributed by atoms with Gasteiger partial charge in [0.05, 0.1) is 6.54 Å². The van der Waals surface area contributed by atoms with E-state index in [2.05, 4.69) is 10.3 Å². The minimum atomic E-state index is -0.592. The molecule has 0 atom stereocenters. The quantitative estimate of drug-likeness (QED) is 0.572. The first-order valence-corrected chi connectivity index (χ1v) is 9.13. The number of carbonyl (C=O) groups is 1. The van der Waals surface area contributed by atoms with Crippen molar-refractivity contribution < 1.29 is 9.18 Å². The van der Waals surface area contributed by atoms with Gasteiger partial charge >= 0.3 is 0 Å².